The van der Waals surface area contributed by atoms with Gasteiger partial charge in [0.1, 0.15) is 5.82 Å². The van der Waals surface area contributed by atoms with Gasteiger partial charge < -0.3 is 20.4 Å². The van der Waals surface area contributed by atoms with Crippen LogP contribution in [0.3, 0.4) is 0 Å². The Hall–Kier alpha value is -3.87. The lowest BCUT2D eigenvalue weighted by molar-refractivity contribution is -0.130. The highest BCUT2D eigenvalue weighted by Gasteiger charge is 2.21. The minimum Gasteiger partial charge on any atom is -0.368 e. The van der Waals surface area contributed by atoms with Crippen molar-refractivity contribution in [1.29, 1.82) is 0 Å². The minimum absolute atomic E-state index is 0.126. The van der Waals surface area contributed by atoms with E-state index in [4.69, 9.17) is 0 Å². The lowest BCUT2D eigenvalue weighted by Gasteiger charge is -2.36. The van der Waals surface area contributed by atoms with Crippen LogP contribution in [0.25, 0.3) is 0 Å². The predicted molar refractivity (Wildman–Crippen MR) is 129 cm³/mol. The summed E-state index contributed by atoms with van der Waals surface area (Å²) >= 11 is 0. The third kappa shape index (κ3) is 5.68. The van der Waals surface area contributed by atoms with Crippen LogP contribution in [0.2, 0.25) is 0 Å². The van der Waals surface area contributed by atoms with Crippen molar-refractivity contribution in [2.45, 2.75) is 13.3 Å². The first-order valence-electron chi connectivity index (χ1n) is 11.0. The maximum absolute atomic E-state index is 13.7. The molecule has 0 unspecified atom stereocenters. The number of para-hydroxylation sites is 1. The van der Waals surface area contributed by atoms with Gasteiger partial charge in [0.05, 0.1) is 12.1 Å². The van der Waals surface area contributed by atoms with Gasteiger partial charge in [0.25, 0.3) is 0 Å². The molecule has 7 heteroatoms. The molecule has 0 aliphatic carbocycles. The van der Waals surface area contributed by atoms with E-state index in [-0.39, 0.29) is 11.6 Å². The zero-order valence-electron chi connectivity index (χ0n) is 18.6. The molecule has 3 amide bonds. The molecule has 3 aromatic rings. The number of carbonyl (C=O) groups excluding carboxylic acids is 2. The number of aryl methyl sites for hydroxylation is 1. The highest BCUT2D eigenvalue weighted by molar-refractivity contribution is 5.99. The summed E-state index contributed by atoms with van der Waals surface area (Å²) in [6.45, 7) is 4.88. The fourth-order valence-corrected chi connectivity index (χ4v) is 3.90. The summed E-state index contributed by atoms with van der Waals surface area (Å²) in [6, 6.07) is 21.0. The van der Waals surface area contributed by atoms with E-state index in [2.05, 4.69) is 15.5 Å². The molecule has 0 aromatic heterocycles. The lowest BCUT2D eigenvalue weighted by Crippen LogP contribution is -2.49. The van der Waals surface area contributed by atoms with Crippen molar-refractivity contribution in [3.8, 4) is 0 Å². The molecular weight excluding hydrogens is 419 g/mol. The molecular formula is C26H27FN4O2. The zero-order valence-corrected chi connectivity index (χ0v) is 18.6. The number of anilines is 3. The van der Waals surface area contributed by atoms with E-state index in [1.807, 2.05) is 60.4 Å². The van der Waals surface area contributed by atoms with Crippen LogP contribution in [-0.4, -0.2) is 43.0 Å². The number of hydrogen-bond donors (Lipinski definition) is 2. The van der Waals surface area contributed by atoms with Crippen molar-refractivity contribution in [2.24, 2.45) is 0 Å². The Morgan fingerprint density at radius 1 is 0.848 bits per heavy atom. The molecule has 4 rings (SSSR count). The zero-order chi connectivity index (χ0) is 23.2. The van der Waals surface area contributed by atoms with Gasteiger partial charge in [0.15, 0.2) is 0 Å². The maximum Gasteiger partial charge on any atom is 0.323 e. The van der Waals surface area contributed by atoms with Crippen molar-refractivity contribution in [2.75, 3.05) is 41.7 Å². The molecule has 1 aliphatic heterocycles. The number of halogens is 1. The van der Waals surface area contributed by atoms with Crippen LogP contribution in [0.5, 0.6) is 0 Å². The molecule has 33 heavy (non-hydrogen) atoms. The van der Waals surface area contributed by atoms with Crippen LogP contribution in [0.1, 0.15) is 11.1 Å². The second-order valence-corrected chi connectivity index (χ2v) is 8.08. The molecule has 3 aromatic carbocycles. The molecule has 1 saturated heterocycles. The molecule has 0 radical (unpaired) electrons. The van der Waals surface area contributed by atoms with E-state index in [0.29, 0.717) is 25.2 Å². The second-order valence-electron chi connectivity index (χ2n) is 8.08. The van der Waals surface area contributed by atoms with Crippen LogP contribution in [-0.2, 0) is 11.2 Å². The van der Waals surface area contributed by atoms with Crippen LogP contribution in [0, 0.1) is 12.7 Å². The normalized spacial score (nSPS) is 13.5. The topological polar surface area (TPSA) is 64.7 Å². The average Bonchev–Trinajstić information content (AvgIpc) is 2.83. The highest BCUT2D eigenvalue weighted by Crippen LogP contribution is 2.21. The Morgan fingerprint density at radius 2 is 1.52 bits per heavy atom. The number of rotatable bonds is 5. The van der Waals surface area contributed by atoms with Crippen LogP contribution >= 0.6 is 0 Å². The monoisotopic (exact) mass is 446 g/mol. The van der Waals surface area contributed by atoms with Crippen molar-refractivity contribution in [3.63, 3.8) is 0 Å². The Labute approximate surface area is 193 Å². The van der Waals surface area contributed by atoms with Gasteiger partial charge in [-0.05, 0) is 54.4 Å². The van der Waals surface area contributed by atoms with Gasteiger partial charge in [-0.2, -0.15) is 0 Å². The molecule has 0 bridgehead atoms. The van der Waals surface area contributed by atoms with Crippen molar-refractivity contribution in [3.05, 3.63) is 89.7 Å². The van der Waals surface area contributed by atoms with Gasteiger partial charge in [-0.25, -0.2) is 9.18 Å². The Kier molecular flexibility index (Phi) is 6.88. The number of benzene rings is 3. The second kappa shape index (κ2) is 10.2. The Morgan fingerprint density at radius 3 is 2.21 bits per heavy atom. The van der Waals surface area contributed by atoms with E-state index in [1.54, 1.807) is 12.1 Å². The van der Waals surface area contributed by atoms with Gasteiger partial charge in [0.2, 0.25) is 5.91 Å². The standard InChI is InChI=1S/C26H27FN4O2/c1-19-6-2-3-7-20(19)18-25(32)31-16-14-30(15-17-31)22-12-10-21(11-13-22)28-26(33)29-24-9-5-4-8-23(24)27/h2-13H,14-18H2,1H3,(H2,28,29,33). The number of carbonyl (C=O) groups is 2. The number of piperazine rings is 1. The minimum atomic E-state index is -0.506. The number of urea groups is 1. The molecule has 0 atom stereocenters. The van der Waals surface area contributed by atoms with E-state index >= 15 is 0 Å². The van der Waals surface area contributed by atoms with Gasteiger partial charge in [-0.1, -0.05) is 36.4 Å². The fraction of sp³-hybridized carbons (Fsp3) is 0.231. The molecule has 1 aliphatic rings. The van der Waals surface area contributed by atoms with E-state index < -0.39 is 11.8 Å². The van der Waals surface area contributed by atoms with Gasteiger partial charge >= 0.3 is 6.03 Å². The summed E-state index contributed by atoms with van der Waals surface area (Å²) in [5.74, 6) is -0.330. The third-order valence-electron chi connectivity index (χ3n) is 5.85. The summed E-state index contributed by atoms with van der Waals surface area (Å²) in [5.41, 5.74) is 3.98. The van der Waals surface area contributed by atoms with Crippen molar-refractivity contribution >= 4 is 29.0 Å². The predicted octanol–water partition coefficient (Wildman–Crippen LogP) is 4.67. The number of nitrogens with one attached hydrogen (secondary N) is 2. The number of amides is 3. The van der Waals surface area contributed by atoms with Gasteiger partial charge in [0, 0.05) is 37.6 Å². The first-order valence-corrected chi connectivity index (χ1v) is 11.0. The van der Waals surface area contributed by atoms with Gasteiger partial charge in [-0.15, -0.1) is 0 Å². The lowest BCUT2D eigenvalue weighted by atomic mass is 10.1. The fourth-order valence-electron chi connectivity index (χ4n) is 3.90. The largest absolute Gasteiger partial charge is 0.368 e. The Bertz CT molecular complexity index is 1130. The molecule has 0 saturated carbocycles. The van der Waals surface area contributed by atoms with Crippen molar-refractivity contribution < 1.29 is 14.0 Å². The molecule has 2 N–H and O–H groups in total. The summed E-state index contributed by atoms with van der Waals surface area (Å²) in [4.78, 5) is 29.0. The first-order chi connectivity index (χ1) is 16.0. The molecule has 170 valence electrons. The average molecular weight is 447 g/mol. The smallest absolute Gasteiger partial charge is 0.323 e. The summed E-state index contributed by atoms with van der Waals surface area (Å²) in [6.07, 6.45) is 0.433. The summed E-state index contributed by atoms with van der Waals surface area (Å²) in [5, 5.41) is 5.21. The van der Waals surface area contributed by atoms with Crippen LogP contribution < -0.4 is 15.5 Å². The quantitative estimate of drug-likeness (QED) is 0.599. The van der Waals surface area contributed by atoms with Crippen LogP contribution in [0.15, 0.2) is 72.8 Å². The number of hydrogen-bond acceptors (Lipinski definition) is 3. The SMILES string of the molecule is Cc1ccccc1CC(=O)N1CCN(c2ccc(NC(=O)Nc3ccccc3F)cc2)CC1. The van der Waals surface area contributed by atoms with E-state index in [0.717, 1.165) is 29.9 Å². The maximum atomic E-state index is 13.7. The number of nitrogens with zero attached hydrogens (tertiary/aromatic N) is 2. The summed E-state index contributed by atoms with van der Waals surface area (Å²) < 4.78 is 13.7. The van der Waals surface area contributed by atoms with Crippen molar-refractivity contribution in [1.82, 2.24) is 4.90 Å². The molecule has 6 nitrogen and oxygen atoms in total. The highest BCUT2D eigenvalue weighted by atomic mass is 19.1. The van der Waals surface area contributed by atoms with Gasteiger partial charge in [-0.3, -0.25) is 4.79 Å². The third-order valence-corrected chi connectivity index (χ3v) is 5.85. The summed E-state index contributed by atoms with van der Waals surface area (Å²) in [7, 11) is 0. The Balaban J connectivity index is 1.27. The molecule has 1 heterocycles. The van der Waals surface area contributed by atoms with E-state index in [1.165, 1.54) is 12.1 Å². The van der Waals surface area contributed by atoms with Crippen LogP contribution in [0.4, 0.5) is 26.2 Å². The first kappa shape index (κ1) is 22.3. The van der Waals surface area contributed by atoms with E-state index in [9.17, 15) is 14.0 Å². The molecule has 0 spiro atoms. The molecule has 1 fully saturated rings.